The largest absolute Gasteiger partial charge is 0.481 e. The Kier molecular flexibility index (Phi) is 8.61. The SMILES string of the molecule is Cc1ccc(NC(=O)N2CCN(C(=O)c3cccc(C)c3)C2C(=O)NC(CC(=O)O)c2cccc([N+](=O)[O-])c2)cc1. The number of nitrogens with zero attached hydrogens (tertiary/aromatic N) is 3. The van der Waals surface area contributed by atoms with Crippen LogP contribution in [0.1, 0.15) is 39.5 Å². The smallest absolute Gasteiger partial charge is 0.323 e. The summed E-state index contributed by atoms with van der Waals surface area (Å²) in [6, 6.07) is 17.3. The van der Waals surface area contributed by atoms with Gasteiger partial charge in [0.15, 0.2) is 6.17 Å². The van der Waals surface area contributed by atoms with Crippen molar-refractivity contribution < 1.29 is 29.2 Å². The molecule has 1 aliphatic rings. The summed E-state index contributed by atoms with van der Waals surface area (Å²) in [5.74, 6) is -2.54. The van der Waals surface area contributed by atoms with Crippen molar-refractivity contribution in [3.05, 3.63) is 105 Å². The Labute approximate surface area is 235 Å². The van der Waals surface area contributed by atoms with Crippen LogP contribution < -0.4 is 10.6 Å². The number of nitro groups is 1. The van der Waals surface area contributed by atoms with Crippen molar-refractivity contribution in [3.63, 3.8) is 0 Å². The second kappa shape index (κ2) is 12.3. The average Bonchev–Trinajstić information content (AvgIpc) is 3.39. The Bertz CT molecular complexity index is 1490. The van der Waals surface area contributed by atoms with E-state index in [0.29, 0.717) is 11.3 Å². The molecule has 12 nitrogen and oxygen atoms in total. The minimum Gasteiger partial charge on any atom is -0.481 e. The molecule has 3 N–H and O–H groups in total. The Morgan fingerprint density at radius 3 is 2.29 bits per heavy atom. The predicted octanol–water partition coefficient (Wildman–Crippen LogP) is 3.86. The van der Waals surface area contributed by atoms with Gasteiger partial charge in [-0.05, 0) is 43.7 Å². The number of aryl methyl sites for hydroxylation is 2. The molecule has 3 aromatic carbocycles. The zero-order valence-corrected chi connectivity index (χ0v) is 22.4. The fraction of sp³-hybridized carbons (Fsp3) is 0.241. The maximum Gasteiger partial charge on any atom is 0.323 e. The van der Waals surface area contributed by atoms with Gasteiger partial charge in [-0.1, -0.05) is 47.5 Å². The minimum absolute atomic E-state index is 0.0355. The van der Waals surface area contributed by atoms with Gasteiger partial charge in [0.25, 0.3) is 17.5 Å². The number of nitro benzene ring substituents is 1. The van der Waals surface area contributed by atoms with Crippen molar-refractivity contribution in [3.8, 4) is 0 Å². The van der Waals surface area contributed by atoms with Crippen molar-refractivity contribution in [2.75, 3.05) is 18.4 Å². The molecule has 0 aromatic heterocycles. The second-order valence-electron chi connectivity index (χ2n) is 9.74. The fourth-order valence-electron chi connectivity index (χ4n) is 4.64. The van der Waals surface area contributed by atoms with Crippen LogP contribution in [0.4, 0.5) is 16.2 Å². The van der Waals surface area contributed by atoms with E-state index in [2.05, 4.69) is 10.6 Å². The summed E-state index contributed by atoms with van der Waals surface area (Å²) < 4.78 is 0. The van der Waals surface area contributed by atoms with Gasteiger partial charge in [-0.15, -0.1) is 0 Å². The van der Waals surface area contributed by atoms with Gasteiger partial charge < -0.3 is 20.6 Å². The van der Waals surface area contributed by atoms with Crippen molar-refractivity contribution in [1.82, 2.24) is 15.1 Å². The molecule has 0 saturated carbocycles. The molecule has 0 bridgehead atoms. The first kappa shape index (κ1) is 28.7. The van der Waals surface area contributed by atoms with Gasteiger partial charge in [0, 0.05) is 36.5 Å². The first-order valence-corrected chi connectivity index (χ1v) is 12.8. The van der Waals surface area contributed by atoms with Crippen LogP contribution >= 0.6 is 0 Å². The van der Waals surface area contributed by atoms with E-state index in [1.165, 1.54) is 34.1 Å². The molecular formula is C29H29N5O7. The van der Waals surface area contributed by atoms with Crippen LogP contribution in [0.15, 0.2) is 72.8 Å². The number of urea groups is 1. The van der Waals surface area contributed by atoms with E-state index in [9.17, 15) is 34.4 Å². The molecule has 4 amide bonds. The lowest BCUT2D eigenvalue weighted by atomic mass is 10.0. The van der Waals surface area contributed by atoms with Crippen molar-refractivity contribution in [2.24, 2.45) is 0 Å². The Balaban J connectivity index is 1.66. The summed E-state index contributed by atoms with van der Waals surface area (Å²) in [4.78, 5) is 65.5. The van der Waals surface area contributed by atoms with Crippen molar-refractivity contribution >= 4 is 35.2 Å². The van der Waals surface area contributed by atoms with Gasteiger partial charge in [-0.2, -0.15) is 0 Å². The molecule has 0 radical (unpaired) electrons. The summed E-state index contributed by atoms with van der Waals surface area (Å²) in [7, 11) is 0. The second-order valence-corrected chi connectivity index (χ2v) is 9.74. The fourth-order valence-corrected chi connectivity index (χ4v) is 4.64. The third-order valence-electron chi connectivity index (χ3n) is 6.67. The molecule has 1 saturated heterocycles. The molecule has 2 atom stereocenters. The number of nitrogens with one attached hydrogen (secondary N) is 2. The molecule has 41 heavy (non-hydrogen) atoms. The number of non-ortho nitro benzene ring substituents is 1. The molecule has 12 heteroatoms. The first-order chi connectivity index (χ1) is 19.5. The minimum atomic E-state index is -1.41. The Morgan fingerprint density at radius 2 is 1.63 bits per heavy atom. The van der Waals surface area contributed by atoms with Crippen LogP contribution in [0.3, 0.4) is 0 Å². The normalized spacial score (nSPS) is 15.2. The van der Waals surface area contributed by atoms with E-state index in [0.717, 1.165) is 11.1 Å². The Morgan fingerprint density at radius 1 is 0.951 bits per heavy atom. The molecular weight excluding hydrogens is 530 g/mol. The van der Waals surface area contributed by atoms with E-state index in [1.807, 2.05) is 32.0 Å². The summed E-state index contributed by atoms with van der Waals surface area (Å²) >= 11 is 0. The lowest BCUT2D eigenvalue weighted by Crippen LogP contribution is -2.55. The lowest BCUT2D eigenvalue weighted by Gasteiger charge is -2.31. The highest BCUT2D eigenvalue weighted by atomic mass is 16.6. The quantitative estimate of drug-likeness (QED) is 0.279. The molecule has 1 fully saturated rings. The predicted molar refractivity (Wildman–Crippen MR) is 149 cm³/mol. The van der Waals surface area contributed by atoms with E-state index in [-0.39, 0.29) is 24.3 Å². The number of hydrogen-bond donors (Lipinski definition) is 3. The third-order valence-corrected chi connectivity index (χ3v) is 6.67. The molecule has 0 aliphatic carbocycles. The molecule has 212 valence electrons. The summed E-state index contributed by atoms with van der Waals surface area (Å²) in [6.07, 6.45) is -2.00. The topological polar surface area (TPSA) is 162 Å². The van der Waals surface area contributed by atoms with Crippen molar-refractivity contribution in [2.45, 2.75) is 32.5 Å². The molecule has 1 aliphatic heterocycles. The van der Waals surface area contributed by atoms with Gasteiger partial charge in [0.1, 0.15) is 0 Å². The molecule has 1 heterocycles. The number of carboxylic acid groups (broad SMARTS) is 1. The van der Waals surface area contributed by atoms with Crippen LogP contribution in [0, 0.1) is 24.0 Å². The molecule has 0 spiro atoms. The van der Waals surface area contributed by atoms with Crippen molar-refractivity contribution in [1.29, 1.82) is 0 Å². The number of carbonyl (C=O) groups excluding carboxylic acids is 3. The summed E-state index contributed by atoms with van der Waals surface area (Å²) in [5, 5.41) is 26.2. The number of anilines is 1. The van der Waals surface area contributed by atoms with Gasteiger partial charge in [-0.3, -0.25) is 29.4 Å². The highest BCUT2D eigenvalue weighted by Gasteiger charge is 2.44. The van der Waals surface area contributed by atoms with Crippen LogP contribution in [0.2, 0.25) is 0 Å². The highest BCUT2D eigenvalue weighted by molar-refractivity contribution is 6.00. The standard InChI is InChI=1S/C29H29N5O7/c1-18-9-11-22(12-10-18)30-29(39)33-14-13-32(28(38)21-7-3-5-19(2)15-21)27(33)26(37)31-24(17-25(35)36)20-6-4-8-23(16-20)34(40)41/h3-12,15-16,24,27H,13-14,17H2,1-2H3,(H,30,39)(H,31,37)(H,35,36). The average molecular weight is 560 g/mol. The van der Waals surface area contributed by atoms with Crippen LogP contribution in [0.25, 0.3) is 0 Å². The number of aliphatic carboxylic acids is 1. The number of rotatable bonds is 8. The van der Waals surface area contributed by atoms with E-state index in [1.54, 1.807) is 30.3 Å². The van der Waals surface area contributed by atoms with E-state index < -0.39 is 47.4 Å². The molecule has 3 aromatic rings. The van der Waals surface area contributed by atoms with E-state index in [4.69, 9.17) is 0 Å². The summed E-state index contributed by atoms with van der Waals surface area (Å²) in [6.45, 7) is 3.80. The number of carbonyl (C=O) groups is 4. The number of carboxylic acids is 1. The number of hydrogen-bond acceptors (Lipinski definition) is 6. The molecule has 2 unspecified atom stereocenters. The molecule has 4 rings (SSSR count). The van der Waals surface area contributed by atoms with Crippen LogP contribution in [-0.4, -0.2) is 62.9 Å². The summed E-state index contributed by atoms with van der Waals surface area (Å²) in [5.41, 5.74) is 2.55. The highest BCUT2D eigenvalue weighted by Crippen LogP contribution is 2.25. The monoisotopic (exact) mass is 559 g/mol. The third kappa shape index (κ3) is 6.85. The number of amides is 4. The first-order valence-electron chi connectivity index (χ1n) is 12.8. The maximum absolute atomic E-state index is 13.8. The zero-order chi connectivity index (χ0) is 29.7. The van der Waals surface area contributed by atoms with Gasteiger partial charge in [-0.25, -0.2) is 4.79 Å². The van der Waals surface area contributed by atoms with Gasteiger partial charge in [0.2, 0.25) is 0 Å². The Hall–Kier alpha value is -5.26. The van der Waals surface area contributed by atoms with E-state index >= 15 is 0 Å². The van der Waals surface area contributed by atoms with Crippen LogP contribution in [0.5, 0.6) is 0 Å². The van der Waals surface area contributed by atoms with Crippen LogP contribution in [-0.2, 0) is 9.59 Å². The van der Waals surface area contributed by atoms with Gasteiger partial charge >= 0.3 is 12.0 Å². The van der Waals surface area contributed by atoms with Gasteiger partial charge in [0.05, 0.1) is 17.4 Å². The zero-order valence-electron chi connectivity index (χ0n) is 22.4. The number of benzene rings is 3. The maximum atomic E-state index is 13.8. The lowest BCUT2D eigenvalue weighted by molar-refractivity contribution is -0.384.